The van der Waals surface area contributed by atoms with Gasteiger partial charge in [-0.3, -0.25) is 4.99 Å². The summed E-state index contributed by atoms with van der Waals surface area (Å²) in [7, 11) is 0. The van der Waals surface area contributed by atoms with Crippen LogP contribution in [-0.4, -0.2) is 48.1 Å². The highest BCUT2D eigenvalue weighted by atomic mass is 16.4. The molecule has 1 unspecified atom stereocenters. The average molecular weight is 470 g/mol. The van der Waals surface area contributed by atoms with Gasteiger partial charge in [-0.1, -0.05) is 61.9 Å². The minimum absolute atomic E-state index is 0.556. The van der Waals surface area contributed by atoms with Gasteiger partial charge >= 0.3 is 5.97 Å². The first-order chi connectivity index (χ1) is 17.0. The van der Waals surface area contributed by atoms with Gasteiger partial charge in [-0.2, -0.15) is 5.21 Å². The Hall–Kier alpha value is -4.27. The molecule has 0 aliphatic carbocycles. The summed E-state index contributed by atoms with van der Waals surface area (Å²) in [6, 6.07) is 18.5. The molecule has 2 aromatic heterocycles. The van der Waals surface area contributed by atoms with Crippen molar-refractivity contribution in [2.45, 2.75) is 45.8 Å². The molecule has 35 heavy (non-hydrogen) atoms. The highest BCUT2D eigenvalue weighted by molar-refractivity contribution is 6.06. The number of aliphatic imine (C=N–C) groups is 1. The Bertz CT molecular complexity index is 1370. The number of aromatic amines is 1. The molecule has 0 radical (unpaired) electrons. The van der Waals surface area contributed by atoms with Crippen LogP contribution in [0.15, 0.2) is 59.6 Å². The van der Waals surface area contributed by atoms with Gasteiger partial charge in [0.25, 0.3) is 0 Å². The van der Waals surface area contributed by atoms with Crippen LogP contribution in [0.5, 0.6) is 0 Å². The number of carbonyl (C=O) groups is 1. The number of tetrazole rings is 1. The highest BCUT2D eigenvalue weighted by Gasteiger charge is 2.27. The number of carboxylic acids is 1. The predicted molar refractivity (Wildman–Crippen MR) is 134 cm³/mol. The number of H-pyrrole nitrogens is 1. The maximum Gasteiger partial charge on any atom is 0.349 e. The van der Waals surface area contributed by atoms with Gasteiger partial charge in [0, 0.05) is 29.1 Å². The van der Waals surface area contributed by atoms with Crippen molar-refractivity contribution in [3.8, 4) is 22.5 Å². The summed E-state index contributed by atoms with van der Waals surface area (Å²) in [5, 5.41) is 27.1. The number of aliphatic carboxylic acids is 1. The number of fused-ring (bicyclic) bond motifs is 1. The van der Waals surface area contributed by atoms with E-state index >= 15 is 0 Å². The Kier molecular flexibility index (Phi) is 6.13. The number of unbranched alkanes of at least 4 members (excludes halogenated alkanes) is 1. The lowest BCUT2D eigenvalue weighted by atomic mass is 9.98. The minimum Gasteiger partial charge on any atom is -0.478 e. The molecule has 0 amide bonds. The number of nitrogens with zero attached hydrogens (tertiary/aromatic N) is 5. The van der Waals surface area contributed by atoms with Crippen LogP contribution in [0.4, 0.5) is 5.82 Å². The van der Waals surface area contributed by atoms with Gasteiger partial charge in [-0.05, 0) is 47.7 Å². The van der Waals surface area contributed by atoms with Crippen molar-refractivity contribution in [1.29, 1.82) is 0 Å². The maximum absolute atomic E-state index is 11.6. The Morgan fingerprint density at radius 3 is 2.54 bits per heavy atom. The van der Waals surface area contributed by atoms with E-state index in [9.17, 15) is 9.90 Å². The maximum atomic E-state index is 11.6. The van der Waals surface area contributed by atoms with E-state index in [-0.39, 0.29) is 0 Å². The van der Waals surface area contributed by atoms with Crippen LogP contribution in [-0.2, 0) is 17.8 Å². The van der Waals surface area contributed by atoms with Crippen LogP contribution in [0.3, 0.4) is 0 Å². The molecule has 0 saturated carbocycles. The molecule has 1 atom stereocenters. The third-order valence-corrected chi connectivity index (χ3v) is 6.31. The number of hydrogen-bond donors (Lipinski definition) is 3. The van der Waals surface area contributed by atoms with Crippen molar-refractivity contribution in [1.82, 2.24) is 25.2 Å². The monoisotopic (exact) mass is 469 g/mol. The largest absolute Gasteiger partial charge is 0.478 e. The van der Waals surface area contributed by atoms with E-state index in [1.54, 1.807) is 0 Å². The van der Waals surface area contributed by atoms with E-state index in [0.29, 0.717) is 12.4 Å². The van der Waals surface area contributed by atoms with Gasteiger partial charge in [0.1, 0.15) is 5.82 Å². The van der Waals surface area contributed by atoms with Crippen molar-refractivity contribution >= 4 is 17.5 Å². The number of aryl methyl sites for hydroxylation is 1. The average Bonchev–Trinajstić information content (AvgIpc) is 3.52. The molecule has 1 aliphatic heterocycles. The van der Waals surface area contributed by atoms with E-state index in [1.165, 1.54) is 5.69 Å². The van der Waals surface area contributed by atoms with Gasteiger partial charge < -0.3 is 15.0 Å². The summed E-state index contributed by atoms with van der Waals surface area (Å²) in [4.78, 5) is 16.0. The van der Waals surface area contributed by atoms with Gasteiger partial charge in [0.2, 0.25) is 12.0 Å². The van der Waals surface area contributed by atoms with Crippen molar-refractivity contribution in [3.05, 3.63) is 71.4 Å². The number of hydrogen-bond acceptors (Lipinski definition) is 6. The molecule has 2 aromatic carbocycles. The fourth-order valence-electron chi connectivity index (χ4n) is 4.50. The molecule has 9 nitrogen and oxygen atoms in total. The molecular formula is C26H27N7O2. The molecule has 0 spiro atoms. The number of benzene rings is 2. The first-order valence-corrected chi connectivity index (χ1v) is 11.7. The fourth-order valence-corrected chi connectivity index (χ4v) is 4.50. The van der Waals surface area contributed by atoms with Crippen LogP contribution >= 0.6 is 0 Å². The molecule has 4 aromatic rings. The van der Waals surface area contributed by atoms with E-state index in [1.807, 2.05) is 31.2 Å². The van der Waals surface area contributed by atoms with Crippen LogP contribution in [0, 0.1) is 0 Å². The Morgan fingerprint density at radius 2 is 1.86 bits per heavy atom. The lowest BCUT2D eigenvalue weighted by Gasteiger charge is -2.22. The van der Waals surface area contributed by atoms with Crippen molar-refractivity contribution in [2.24, 2.45) is 4.99 Å². The summed E-state index contributed by atoms with van der Waals surface area (Å²) in [6.45, 7) is 4.68. The molecule has 178 valence electrons. The third kappa shape index (κ3) is 4.44. The molecule has 0 bridgehead atoms. The fraction of sp³-hybridized carbons (Fsp3) is 0.269. The van der Waals surface area contributed by atoms with Crippen LogP contribution in [0.1, 0.15) is 43.5 Å². The number of rotatable bonds is 8. The predicted octanol–water partition coefficient (Wildman–Crippen LogP) is 4.37. The Labute approximate surface area is 202 Å². The number of carboxylic acid groups (broad SMARTS) is 1. The zero-order valence-electron chi connectivity index (χ0n) is 19.7. The molecule has 3 heterocycles. The van der Waals surface area contributed by atoms with E-state index in [2.05, 4.69) is 72.8 Å². The van der Waals surface area contributed by atoms with Gasteiger partial charge in [-0.25, -0.2) is 4.79 Å². The quantitative estimate of drug-likeness (QED) is 0.352. The van der Waals surface area contributed by atoms with Crippen LogP contribution in [0.25, 0.3) is 22.5 Å². The summed E-state index contributed by atoms with van der Waals surface area (Å²) in [6.07, 6.45) is 2.10. The summed E-state index contributed by atoms with van der Waals surface area (Å²) in [5.74, 6) is 0.394. The minimum atomic E-state index is -0.984. The Morgan fingerprint density at radius 1 is 1.09 bits per heavy atom. The zero-order valence-corrected chi connectivity index (χ0v) is 19.7. The molecule has 3 N–H and O–H groups in total. The molecule has 1 aliphatic rings. The molecule has 9 heteroatoms. The first-order valence-electron chi connectivity index (χ1n) is 11.7. The summed E-state index contributed by atoms with van der Waals surface area (Å²) in [5.41, 5.74) is 7.01. The summed E-state index contributed by atoms with van der Waals surface area (Å²) >= 11 is 0. The van der Waals surface area contributed by atoms with Crippen molar-refractivity contribution in [2.75, 3.05) is 5.32 Å². The molecule has 5 rings (SSSR count). The molecular weight excluding hydrogens is 442 g/mol. The first kappa shape index (κ1) is 22.5. The van der Waals surface area contributed by atoms with Crippen LogP contribution < -0.4 is 5.32 Å². The van der Waals surface area contributed by atoms with E-state index in [4.69, 9.17) is 0 Å². The topological polar surface area (TPSA) is 121 Å². The lowest BCUT2D eigenvalue weighted by molar-refractivity contribution is -0.137. The highest BCUT2D eigenvalue weighted by Crippen LogP contribution is 2.32. The van der Waals surface area contributed by atoms with Gasteiger partial charge in [0.05, 0.1) is 0 Å². The smallest absolute Gasteiger partial charge is 0.349 e. The van der Waals surface area contributed by atoms with Crippen molar-refractivity contribution < 1.29 is 9.90 Å². The Balaban J connectivity index is 1.47. The molecule has 0 saturated heterocycles. The lowest BCUT2D eigenvalue weighted by Crippen LogP contribution is -2.33. The van der Waals surface area contributed by atoms with Crippen molar-refractivity contribution in [3.63, 3.8) is 0 Å². The number of aromatic nitrogens is 5. The second-order valence-electron chi connectivity index (χ2n) is 8.67. The summed E-state index contributed by atoms with van der Waals surface area (Å²) < 4.78 is 2.20. The second-order valence-corrected chi connectivity index (χ2v) is 8.67. The van der Waals surface area contributed by atoms with Crippen LogP contribution in [0.2, 0.25) is 0 Å². The van der Waals surface area contributed by atoms with E-state index < -0.39 is 12.1 Å². The van der Waals surface area contributed by atoms with E-state index in [0.717, 1.165) is 58.6 Å². The standard InChI is InChI=1S/C26H27N7O2/c1-3-4-7-19-14-22-16(2)27-24(26(34)35)28-25(22)33(19)15-17-10-12-18(13-11-17)20-8-5-6-9-21(20)23-29-31-32-30-23/h5-6,8-14,24,28H,3-4,7,15H2,1-2H3,(H,34,35)(H,29,30,31,32). The third-order valence-electron chi connectivity index (χ3n) is 6.31. The number of nitrogens with one attached hydrogen (secondary N) is 2. The molecule has 0 fully saturated rings. The zero-order chi connectivity index (χ0) is 24.4. The normalized spacial score (nSPS) is 14.8. The van der Waals surface area contributed by atoms with Gasteiger partial charge in [0.15, 0.2) is 0 Å². The number of anilines is 1. The van der Waals surface area contributed by atoms with Gasteiger partial charge in [-0.15, -0.1) is 10.2 Å². The second kappa shape index (κ2) is 9.54. The SMILES string of the molecule is CCCCc1cc2c(n1Cc1ccc(-c3ccccc3-c3nn[nH]n3)cc1)NC(C(=O)O)N=C2C.